The minimum atomic E-state index is -0.974. The molecule has 0 N–H and O–H groups in total. The maximum absolute atomic E-state index is 14.8. The molecule has 152 valence electrons. The highest BCUT2D eigenvalue weighted by molar-refractivity contribution is 5.66. The van der Waals surface area contributed by atoms with Crippen molar-refractivity contribution in [3.8, 4) is 16.9 Å². The zero-order valence-electron chi connectivity index (χ0n) is 16.4. The molecule has 1 saturated heterocycles. The number of hydrogen-bond donors (Lipinski definition) is 0. The molecule has 3 rings (SSSR count). The fourth-order valence-corrected chi connectivity index (χ4v) is 3.72. The lowest BCUT2D eigenvalue weighted by Crippen LogP contribution is -2.21. The zero-order chi connectivity index (χ0) is 20.1. The van der Waals surface area contributed by atoms with Gasteiger partial charge in [0.15, 0.2) is 23.2 Å². The minimum Gasteiger partial charge on any atom is -0.491 e. The lowest BCUT2D eigenvalue weighted by Gasteiger charge is -2.29. The van der Waals surface area contributed by atoms with Crippen LogP contribution in [-0.4, -0.2) is 13.2 Å². The van der Waals surface area contributed by atoms with Crippen LogP contribution < -0.4 is 4.74 Å². The second kappa shape index (κ2) is 9.46. The second-order valence-corrected chi connectivity index (χ2v) is 7.38. The molecule has 1 aliphatic heterocycles. The average molecular weight is 392 g/mol. The van der Waals surface area contributed by atoms with E-state index in [1.54, 1.807) is 6.07 Å². The topological polar surface area (TPSA) is 18.5 Å². The molecule has 1 fully saturated rings. The Morgan fingerprint density at radius 2 is 1.82 bits per heavy atom. The third-order valence-electron chi connectivity index (χ3n) is 5.23. The summed E-state index contributed by atoms with van der Waals surface area (Å²) in [6, 6.07) is 7.21. The largest absolute Gasteiger partial charge is 0.491 e. The Labute approximate surface area is 164 Å². The molecule has 0 radical (unpaired) electrons. The summed E-state index contributed by atoms with van der Waals surface area (Å²) in [4.78, 5) is 0. The molecule has 1 aliphatic rings. The van der Waals surface area contributed by atoms with Gasteiger partial charge < -0.3 is 9.47 Å². The smallest absolute Gasteiger partial charge is 0.167 e. The molecular weight excluding hydrogens is 365 g/mol. The fraction of sp³-hybridized carbons (Fsp3) is 0.478. The van der Waals surface area contributed by atoms with Crippen LogP contribution in [0.4, 0.5) is 13.2 Å². The van der Waals surface area contributed by atoms with Crippen LogP contribution in [0.5, 0.6) is 5.75 Å². The van der Waals surface area contributed by atoms with Gasteiger partial charge in [0.2, 0.25) is 0 Å². The molecule has 28 heavy (non-hydrogen) atoms. The van der Waals surface area contributed by atoms with Crippen molar-refractivity contribution >= 4 is 0 Å². The molecule has 2 aromatic carbocycles. The van der Waals surface area contributed by atoms with Gasteiger partial charge in [-0.25, -0.2) is 13.2 Å². The Morgan fingerprint density at radius 1 is 1.00 bits per heavy atom. The van der Waals surface area contributed by atoms with E-state index in [0.29, 0.717) is 25.6 Å². The van der Waals surface area contributed by atoms with Crippen molar-refractivity contribution in [2.45, 2.75) is 52.1 Å². The number of halogens is 3. The van der Waals surface area contributed by atoms with Crippen LogP contribution in [0.2, 0.25) is 0 Å². The van der Waals surface area contributed by atoms with Crippen LogP contribution >= 0.6 is 0 Å². The number of hydrogen-bond acceptors (Lipinski definition) is 2. The van der Waals surface area contributed by atoms with E-state index in [-0.39, 0.29) is 22.4 Å². The monoisotopic (exact) mass is 392 g/mol. The zero-order valence-corrected chi connectivity index (χ0v) is 16.4. The molecule has 0 spiro atoms. The van der Waals surface area contributed by atoms with E-state index < -0.39 is 23.6 Å². The van der Waals surface area contributed by atoms with E-state index in [4.69, 9.17) is 9.47 Å². The van der Waals surface area contributed by atoms with Gasteiger partial charge in [0, 0.05) is 11.1 Å². The van der Waals surface area contributed by atoms with Crippen LogP contribution in [-0.2, 0) is 4.74 Å². The first-order valence-electron chi connectivity index (χ1n) is 10.1. The Bertz CT molecular complexity index is 799. The maximum atomic E-state index is 14.8. The van der Waals surface area contributed by atoms with Gasteiger partial charge in [0.05, 0.1) is 19.3 Å². The normalized spacial score (nSPS) is 19.6. The second-order valence-electron chi connectivity index (χ2n) is 7.38. The van der Waals surface area contributed by atoms with Crippen molar-refractivity contribution in [1.29, 1.82) is 0 Å². The summed E-state index contributed by atoms with van der Waals surface area (Å²) in [5.41, 5.74) is 0.540. The highest BCUT2D eigenvalue weighted by atomic mass is 19.2. The van der Waals surface area contributed by atoms with Crippen LogP contribution in [0, 0.1) is 23.4 Å². The van der Waals surface area contributed by atoms with Crippen LogP contribution in [0.15, 0.2) is 30.3 Å². The maximum Gasteiger partial charge on any atom is 0.167 e. The van der Waals surface area contributed by atoms with Crippen LogP contribution in [0.25, 0.3) is 11.1 Å². The molecule has 0 aromatic heterocycles. The van der Waals surface area contributed by atoms with Crippen molar-refractivity contribution in [3.63, 3.8) is 0 Å². The van der Waals surface area contributed by atoms with E-state index >= 15 is 0 Å². The molecule has 0 amide bonds. The summed E-state index contributed by atoms with van der Waals surface area (Å²) >= 11 is 0. The third-order valence-corrected chi connectivity index (χ3v) is 5.23. The molecule has 2 nitrogen and oxygen atoms in total. The summed E-state index contributed by atoms with van der Waals surface area (Å²) in [5, 5.41) is 0. The van der Waals surface area contributed by atoms with E-state index in [9.17, 15) is 13.2 Å². The summed E-state index contributed by atoms with van der Waals surface area (Å²) in [7, 11) is 0. The first-order chi connectivity index (χ1) is 13.5. The lowest BCUT2D eigenvalue weighted by atomic mass is 9.91. The van der Waals surface area contributed by atoms with Crippen molar-refractivity contribution in [2.75, 3.05) is 13.2 Å². The Morgan fingerprint density at radius 3 is 2.46 bits per heavy atom. The van der Waals surface area contributed by atoms with Gasteiger partial charge >= 0.3 is 0 Å². The summed E-state index contributed by atoms with van der Waals surface area (Å²) in [5.74, 6) is -1.88. The molecule has 1 heterocycles. The van der Waals surface area contributed by atoms with Gasteiger partial charge in [-0.2, -0.15) is 0 Å². The van der Waals surface area contributed by atoms with Crippen molar-refractivity contribution < 1.29 is 22.6 Å². The van der Waals surface area contributed by atoms with E-state index in [0.717, 1.165) is 25.7 Å². The SMILES string of the molecule is CCCOc1ccc(-c2ccc(C3CCC(CCC)CO3)c(F)c2F)cc1F. The number of ether oxygens (including phenoxy) is 2. The van der Waals surface area contributed by atoms with Gasteiger partial charge in [-0.15, -0.1) is 0 Å². The molecule has 0 aliphatic carbocycles. The predicted octanol–water partition coefficient (Wildman–Crippen LogP) is 6.83. The highest BCUT2D eigenvalue weighted by Crippen LogP contribution is 2.37. The molecule has 5 heteroatoms. The van der Waals surface area contributed by atoms with Gasteiger partial charge in [0.25, 0.3) is 0 Å². The molecular formula is C23H27F3O2. The van der Waals surface area contributed by atoms with Crippen LogP contribution in [0.3, 0.4) is 0 Å². The van der Waals surface area contributed by atoms with Crippen LogP contribution in [0.1, 0.15) is 57.6 Å². The quantitative estimate of drug-likeness (QED) is 0.514. The summed E-state index contributed by atoms with van der Waals surface area (Å²) < 4.78 is 54.8. The molecule has 2 atom stereocenters. The summed E-state index contributed by atoms with van der Waals surface area (Å²) in [6.45, 7) is 5.03. The Hall–Kier alpha value is -2.01. The van der Waals surface area contributed by atoms with Crippen molar-refractivity contribution in [3.05, 3.63) is 53.3 Å². The highest BCUT2D eigenvalue weighted by Gasteiger charge is 2.27. The minimum absolute atomic E-state index is 0.0295. The van der Waals surface area contributed by atoms with Gasteiger partial charge in [-0.1, -0.05) is 38.5 Å². The standard InChI is InChI=1S/C23H27F3O2/c1-3-5-15-6-10-20(28-14-15)18-9-8-17(22(25)23(18)26)16-7-11-21(19(24)13-16)27-12-4-2/h7-9,11,13,15,20H,3-6,10,12,14H2,1-2H3. The van der Waals surface area contributed by atoms with E-state index in [1.165, 1.54) is 24.3 Å². The van der Waals surface area contributed by atoms with Gasteiger partial charge in [-0.05, 0) is 49.3 Å². The Balaban J connectivity index is 1.80. The molecule has 2 aromatic rings. The molecule has 2 unspecified atom stereocenters. The van der Waals surface area contributed by atoms with Crippen molar-refractivity contribution in [2.24, 2.45) is 5.92 Å². The van der Waals surface area contributed by atoms with E-state index in [2.05, 4.69) is 6.92 Å². The first-order valence-corrected chi connectivity index (χ1v) is 10.1. The lowest BCUT2D eigenvalue weighted by molar-refractivity contribution is -0.0214. The number of rotatable bonds is 7. The number of benzene rings is 2. The van der Waals surface area contributed by atoms with Gasteiger partial charge in [0.1, 0.15) is 0 Å². The third kappa shape index (κ3) is 4.52. The van der Waals surface area contributed by atoms with Gasteiger partial charge in [-0.3, -0.25) is 0 Å². The first kappa shape index (κ1) is 20.7. The van der Waals surface area contributed by atoms with Crippen molar-refractivity contribution in [1.82, 2.24) is 0 Å². The fourth-order valence-electron chi connectivity index (χ4n) is 3.72. The molecule has 0 saturated carbocycles. The predicted molar refractivity (Wildman–Crippen MR) is 104 cm³/mol. The molecule has 0 bridgehead atoms. The average Bonchev–Trinajstić information content (AvgIpc) is 2.70. The summed E-state index contributed by atoms with van der Waals surface area (Å²) in [6.07, 6.45) is 4.13. The Kier molecular flexibility index (Phi) is 7.00. The van der Waals surface area contributed by atoms with E-state index in [1.807, 2.05) is 6.92 Å².